The molecule has 0 aliphatic heterocycles. The van der Waals surface area contributed by atoms with Crippen LogP contribution in [0.1, 0.15) is 59.3 Å². The van der Waals surface area contributed by atoms with Crippen molar-refractivity contribution in [3.8, 4) is 0 Å². The van der Waals surface area contributed by atoms with Gasteiger partial charge in [-0.05, 0) is 32.6 Å². The van der Waals surface area contributed by atoms with E-state index in [1.807, 2.05) is 0 Å². The molecule has 13 heavy (non-hydrogen) atoms. The van der Waals surface area contributed by atoms with Gasteiger partial charge in [-0.15, -0.1) is 0 Å². The van der Waals surface area contributed by atoms with Gasteiger partial charge < -0.3 is 4.74 Å². The maximum atomic E-state index is 5.64. The summed E-state index contributed by atoms with van der Waals surface area (Å²) < 4.78 is 5.64. The molecule has 79 valence electrons. The van der Waals surface area contributed by atoms with Crippen molar-refractivity contribution < 1.29 is 4.74 Å². The molecule has 1 unspecified atom stereocenters. The fourth-order valence-electron chi connectivity index (χ4n) is 1.21. The summed E-state index contributed by atoms with van der Waals surface area (Å²) in [6.45, 7) is 7.53. The quantitative estimate of drug-likeness (QED) is 0.494. The fraction of sp³-hybridized carbons (Fsp3) is 0.917. The number of hydrogen-bond donors (Lipinski definition) is 0. The standard InChI is InChI=1S/C12H25O/c1-4-6-8-9-10-12(3)13-11-7-5-2/h8,12H,4-7,9-11H2,1-3H3. The number of rotatable bonds is 9. The highest BCUT2D eigenvalue weighted by Crippen LogP contribution is 2.07. The van der Waals surface area contributed by atoms with Gasteiger partial charge in [-0.3, -0.25) is 0 Å². The Balaban J connectivity index is 3.05. The lowest BCUT2D eigenvalue weighted by atomic mass is 10.1. The Kier molecular flexibility index (Phi) is 10.0. The van der Waals surface area contributed by atoms with Crippen molar-refractivity contribution in [1.82, 2.24) is 0 Å². The molecule has 0 amide bonds. The molecule has 0 bridgehead atoms. The van der Waals surface area contributed by atoms with E-state index in [-0.39, 0.29) is 0 Å². The molecule has 0 aromatic heterocycles. The normalized spacial score (nSPS) is 13.2. The van der Waals surface area contributed by atoms with Crippen molar-refractivity contribution >= 4 is 0 Å². The molecular weight excluding hydrogens is 160 g/mol. The van der Waals surface area contributed by atoms with Crippen molar-refractivity contribution in [3.63, 3.8) is 0 Å². The SMILES string of the molecule is CCC[CH]CCC(C)OCCCC. The monoisotopic (exact) mass is 185 g/mol. The molecule has 0 saturated carbocycles. The van der Waals surface area contributed by atoms with E-state index >= 15 is 0 Å². The summed E-state index contributed by atoms with van der Waals surface area (Å²) in [5.74, 6) is 0. The molecule has 0 fully saturated rings. The van der Waals surface area contributed by atoms with E-state index in [0.717, 1.165) is 6.61 Å². The van der Waals surface area contributed by atoms with Crippen LogP contribution < -0.4 is 0 Å². The van der Waals surface area contributed by atoms with E-state index < -0.39 is 0 Å². The molecule has 0 heterocycles. The maximum Gasteiger partial charge on any atom is 0.0547 e. The minimum atomic E-state index is 0.444. The lowest BCUT2D eigenvalue weighted by molar-refractivity contribution is 0.0583. The Labute approximate surface area is 83.9 Å². The summed E-state index contributed by atoms with van der Waals surface area (Å²) in [4.78, 5) is 0. The van der Waals surface area contributed by atoms with E-state index in [4.69, 9.17) is 4.74 Å². The highest BCUT2D eigenvalue weighted by atomic mass is 16.5. The number of ether oxygens (including phenoxy) is 1. The molecule has 0 aliphatic carbocycles. The smallest absolute Gasteiger partial charge is 0.0547 e. The Morgan fingerprint density at radius 1 is 1.15 bits per heavy atom. The first-order chi connectivity index (χ1) is 6.31. The van der Waals surface area contributed by atoms with Crippen molar-refractivity contribution in [3.05, 3.63) is 6.42 Å². The van der Waals surface area contributed by atoms with Crippen LogP contribution in [0.2, 0.25) is 0 Å². The lowest BCUT2D eigenvalue weighted by Crippen LogP contribution is -2.08. The lowest BCUT2D eigenvalue weighted by Gasteiger charge is -2.11. The molecule has 1 atom stereocenters. The highest BCUT2D eigenvalue weighted by Gasteiger charge is 2.00. The molecule has 0 rings (SSSR count). The van der Waals surface area contributed by atoms with Crippen LogP contribution in [0, 0.1) is 6.42 Å². The van der Waals surface area contributed by atoms with E-state index in [0.29, 0.717) is 6.10 Å². The number of unbranched alkanes of at least 4 members (excludes halogenated alkanes) is 4. The van der Waals surface area contributed by atoms with Gasteiger partial charge >= 0.3 is 0 Å². The van der Waals surface area contributed by atoms with Gasteiger partial charge in [-0.1, -0.05) is 33.1 Å². The van der Waals surface area contributed by atoms with Crippen LogP contribution in [0.5, 0.6) is 0 Å². The van der Waals surface area contributed by atoms with Crippen LogP contribution in [0.15, 0.2) is 0 Å². The number of hydrogen-bond acceptors (Lipinski definition) is 1. The zero-order valence-corrected chi connectivity index (χ0v) is 9.51. The highest BCUT2D eigenvalue weighted by molar-refractivity contribution is 4.65. The zero-order chi connectivity index (χ0) is 9.94. The Morgan fingerprint density at radius 2 is 1.92 bits per heavy atom. The topological polar surface area (TPSA) is 9.23 Å². The van der Waals surface area contributed by atoms with Gasteiger partial charge in [0.05, 0.1) is 6.10 Å². The summed E-state index contributed by atoms with van der Waals surface area (Å²) >= 11 is 0. The molecular formula is C12H25O. The predicted octanol–water partition coefficient (Wildman–Crippen LogP) is 3.98. The first-order valence-corrected chi connectivity index (χ1v) is 5.74. The molecule has 1 heteroatoms. The van der Waals surface area contributed by atoms with Gasteiger partial charge in [-0.2, -0.15) is 0 Å². The minimum absolute atomic E-state index is 0.444. The zero-order valence-electron chi connectivity index (χ0n) is 9.51. The fourth-order valence-corrected chi connectivity index (χ4v) is 1.21. The van der Waals surface area contributed by atoms with Gasteiger partial charge in [0.1, 0.15) is 0 Å². The second-order valence-corrected chi connectivity index (χ2v) is 3.69. The largest absolute Gasteiger partial charge is 0.379 e. The summed E-state index contributed by atoms with van der Waals surface area (Å²) in [5.41, 5.74) is 0. The Morgan fingerprint density at radius 3 is 2.54 bits per heavy atom. The van der Waals surface area contributed by atoms with Crippen LogP contribution in [0.3, 0.4) is 0 Å². The van der Waals surface area contributed by atoms with Gasteiger partial charge in [-0.25, -0.2) is 0 Å². The maximum absolute atomic E-state index is 5.64. The summed E-state index contributed by atoms with van der Waals surface area (Å²) in [7, 11) is 0. The van der Waals surface area contributed by atoms with Crippen LogP contribution >= 0.6 is 0 Å². The van der Waals surface area contributed by atoms with Crippen LogP contribution in [0.25, 0.3) is 0 Å². The average Bonchev–Trinajstić information content (AvgIpc) is 2.13. The predicted molar refractivity (Wildman–Crippen MR) is 58.8 cm³/mol. The second kappa shape index (κ2) is 10.0. The summed E-state index contributed by atoms with van der Waals surface area (Å²) in [6, 6.07) is 0. The van der Waals surface area contributed by atoms with E-state index in [9.17, 15) is 0 Å². The van der Waals surface area contributed by atoms with Crippen LogP contribution in [-0.2, 0) is 4.74 Å². The summed E-state index contributed by atoms with van der Waals surface area (Å²) in [6.07, 6.45) is 10.2. The third kappa shape index (κ3) is 9.88. The van der Waals surface area contributed by atoms with Crippen LogP contribution in [-0.4, -0.2) is 12.7 Å². The first-order valence-electron chi connectivity index (χ1n) is 5.74. The van der Waals surface area contributed by atoms with Gasteiger partial charge in [0, 0.05) is 6.61 Å². The summed E-state index contributed by atoms with van der Waals surface area (Å²) in [5, 5.41) is 0. The molecule has 0 saturated heterocycles. The van der Waals surface area contributed by atoms with Gasteiger partial charge in [0.15, 0.2) is 0 Å². The first kappa shape index (κ1) is 13.0. The third-order valence-corrected chi connectivity index (χ3v) is 2.17. The van der Waals surface area contributed by atoms with Crippen molar-refractivity contribution in [2.45, 2.75) is 65.4 Å². The molecule has 0 aliphatic rings. The molecule has 0 N–H and O–H groups in total. The molecule has 1 nitrogen and oxygen atoms in total. The Bertz CT molecular complexity index is 91.1. The third-order valence-electron chi connectivity index (χ3n) is 2.17. The average molecular weight is 185 g/mol. The van der Waals surface area contributed by atoms with Crippen LogP contribution in [0.4, 0.5) is 0 Å². The van der Waals surface area contributed by atoms with Crippen molar-refractivity contribution in [2.24, 2.45) is 0 Å². The molecule has 0 spiro atoms. The van der Waals surface area contributed by atoms with Crippen molar-refractivity contribution in [1.29, 1.82) is 0 Å². The minimum Gasteiger partial charge on any atom is -0.379 e. The van der Waals surface area contributed by atoms with Crippen molar-refractivity contribution in [2.75, 3.05) is 6.61 Å². The van der Waals surface area contributed by atoms with Gasteiger partial charge in [0.2, 0.25) is 0 Å². The van der Waals surface area contributed by atoms with Gasteiger partial charge in [0.25, 0.3) is 0 Å². The van der Waals surface area contributed by atoms with E-state index in [2.05, 4.69) is 27.2 Å². The Hall–Kier alpha value is -0.0400. The van der Waals surface area contributed by atoms with E-state index in [1.54, 1.807) is 0 Å². The molecule has 1 radical (unpaired) electrons. The second-order valence-electron chi connectivity index (χ2n) is 3.69. The molecule has 0 aromatic carbocycles. The molecule has 0 aromatic rings. The van der Waals surface area contributed by atoms with E-state index in [1.165, 1.54) is 38.5 Å².